The number of nitrogens with one attached hydrogen (secondary N) is 2. The number of carbonyl (C=O) groups is 1. The first-order valence-electron chi connectivity index (χ1n) is 12.6. The zero-order chi connectivity index (χ0) is 24.5. The fourth-order valence-corrected chi connectivity index (χ4v) is 4.77. The summed E-state index contributed by atoms with van der Waals surface area (Å²) in [7, 11) is 0. The van der Waals surface area contributed by atoms with Crippen molar-refractivity contribution in [2.45, 2.75) is 64.2 Å². The molecule has 3 aromatic rings. The van der Waals surface area contributed by atoms with Crippen LogP contribution in [0.15, 0.2) is 42.7 Å². The van der Waals surface area contributed by atoms with Crippen LogP contribution < -0.4 is 10.6 Å². The smallest absolute Gasteiger partial charge is 0.298 e. The van der Waals surface area contributed by atoms with Gasteiger partial charge in [-0.3, -0.25) is 14.8 Å². The van der Waals surface area contributed by atoms with Gasteiger partial charge in [0, 0.05) is 44.8 Å². The van der Waals surface area contributed by atoms with Crippen LogP contribution in [0.4, 0.5) is 17.2 Å². The summed E-state index contributed by atoms with van der Waals surface area (Å²) in [6, 6.07) is 15.4. The SMILES string of the molecule is CC(c1ccc(Nc2ncnc3ccc(NC(=O)C#CCCO)[c-]c23)cc1)C1CCCCCCC1.[Y]. The van der Waals surface area contributed by atoms with E-state index in [0.717, 1.165) is 17.1 Å². The molecule has 1 aliphatic carbocycles. The predicted octanol–water partition coefficient (Wildman–Crippen LogP) is 5.96. The molecular weight excluding hydrogens is 525 g/mol. The number of rotatable bonds is 6. The molecule has 1 radical (unpaired) electrons. The Bertz CT molecular complexity index is 1200. The zero-order valence-electron chi connectivity index (χ0n) is 20.9. The molecule has 1 unspecified atom stereocenters. The van der Waals surface area contributed by atoms with E-state index in [0.29, 0.717) is 22.8 Å². The number of aromatic nitrogens is 2. The molecule has 1 aromatic heterocycles. The second kappa shape index (κ2) is 14.4. The van der Waals surface area contributed by atoms with Crippen LogP contribution in [0, 0.1) is 23.8 Å². The van der Waals surface area contributed by atoms with Gasteiger partial charge in [0.2, 0.25) is 0 Å². The number of fused-ring (bicyclic) bond motifs is 1. The molecule has 7 heteroatoms. The molecule has 1 heterocycles. The Kier molecular flexibility index (Phi) is 11.3. The van der Waals surface area contributed by atoms with Gasteiger partial charge in [-0.2, -0.15) is 0 Å². The third-order valence-electron chi connectivity index (χ3n) is 6.79. The first kappa shape index (κ1) is 28.2. The number of aliphatic hydroxyl groups is 1. The standard InChI is InChI=1S/C29H33N4O2.Y/c1-21(22-9-5-3-2-4-6-10-22)23-12-14-24(15-13-23)33-29-26-19-25(16-17-27(26)30-20-31-29)32-28(35)11-7-8-18-34;/h12-17,20-22,34H,2-6,8-10,18H2,1H3,(H,32,35)(H,30,31,33);/q-1;. The number of aliphatic hydroxyl groups excluding tert-OH is 1. The van der Waals surface area contributed by atoms with E-state index in [1.165, 1.54) is 56.8 Å². The van der Waals surface area contributed by atoms with E-state index >= 15 is 0 Å². The fourth-order valence-electron chi connectivity index (χ4n) is 4.77. The molecule has 1 saturated carbocycles. The number of anilines is 3. The first-order valence-corrected chi connectivity index (χ1v) is 12.6. The molecule has 0 aliphatic heterocycles. The van der Waals surface area contributed by atoms with Gasteiger partial charge in [0.05, 0.1) is 18.8 Å². The minimum atomic E-state index is -0.450. The van der Waals surface area contributed by atoms with Crippen LogP contribution in [0.5, 0.6) is 0 Å². The molecule has 0 saturated heterocycles. The van der Waals surface area contributed by atoms with Gasteiger partial charge >= 0.3 is 0 Å². The summed E-state index contributed by atoms with van der Waals surface area (Å²) >= 11 is 0. The van der Waals surface area contributed by atoms with Gasteiger partial charge in [0.15, 0.2) is 0 Å². The van der Waals surface area contributed by atoms with Crippen molar-refractivity contribution in [3.63, 3.8) is 0 Å². The molecule has 1 fully saturated rings. The third-order valence-corrected chi connectivity index (χ3v) is 6.79. The molecule has 185 valence electrons. The van der Waals surface area contributed by atoms with E-state index in [4.69, 9.17) is 5.11 Å². The van der Waals surface area contributed by atoms with Crippen LogP contribution in [-0.4, -0.2) is 27.6 Å². The maximum atomic E-state index is 12.0. The molecule has 4 rings (SSSR count). The van der Waals surface area contributed by atoms with Crippen LogP contribution in [0.2, 0.25) is 0 Å². The van der Waals surface area contributed by atoms with Gasteiger partial charge in [-0.05, 0) is 59.5 Å². The average molecular weight is 559 g/mol. The summed E-state index contributed by atoms with van der Waals surface area (Å²) in [6.45, 7) is 2.29. The molecular formula is C29H33N4O2Y-. The zero-order valence-corrected chi connectivity index (χ0v) is 23.7. The Morgan fingerprint density at radius 2 is 1.81 bits per heavy atom. The summed E-state index contributed by atoms with van der Waals surface area (Å²) in [4.78, 5) is 20.7. The number of nitrogens with zero attached hydrogens (tertiary/aromatic N) is 2. The van der Waals surface area contributed by atoms with E-state index in [1.807, 2.05) is 6.07 Å². The van der Waals surface area contributed by atoms with Gasteiger partial charge in [-0.15, -0.1) is 18.2 Å². The van der Waals surface area contributed by atoms with Crippen molar-refractivity contribution in [1.82, 2.24) is 9.97 Å². The van der Waals surface area contributed by atoms with Crippen molar-refractivity contribution in [3.8, 4) is 11.8 Å². The van der Waals surface area contributed by atoms with Gasteiger partial charge in [0.25, 0.3) is 5.91 Å². The third kappa shape index (κ3) is 7.83. The number of carbonyl (C=O) groups excluding carboxylic acids is 1. The summed E-state index contributed by atoms with van der Waals surface area (Å²) in [6.07, 6.45) is 11.3. The molecule has 6 nitrogen and oxygen atoms in total. The monoisotopic (exact) mass is 558 g/mol. The second-order valence-corrected chi connectivity index (χ2v) is 9.22. The Hall–Kier alpha value is -2.33. The first-order chi connectivity index (χ1) is 17.1. The largest absolute Gasteiger partial charge is 0.395 e. The number of benzene rings is 2. The van der Waals surface area contributed by atoms with Crippen LogP contribution >= 0.6 is 0 Å². The summed E-state index contributed by atoms with van der Waals surface area (Å²) < 4.78 is 0. The number of hydrogen-bond donors (Lipinski definition) is 3. The van der Waals surface area contributed by atoms with Crippen LogP contribution in [0.1, 0.15) is 69.8 Å². The van der Waals surface area contributed by atoms with Crippen molar-refractivity contribution in [3.05, 3.63) is 54.4 Å². The van der Waals surface area contributed by atoms with Crippen molar-refractivity contribution in [2.24, 2.45) is 5.92 Å². The number of amides is 1. The average Bonchev–Trinajstić information content (AvgIpc) is 2.84. The fraction of sp³-hybridized carbons (Fsp3) is 0.414. The molecule has 1 amide bonds. The minimum absolute atomic E-state index is 0. The number of hydrogen-bond acceptors (Lipinski definition) is 5. The van der Waals surface area contributed by atoms with Crippen molar-refractivity contribution >= 4 is 34.0 Å². The normalized spacial score (nSPS) is 14.9. The molecule has 2 aromatic carbocycles. The van der Waals surface area contributed by atoms with E-state index in [-0.39, 0.29) is 45.7 Å². The minimum Gasteiger partial charge on any atom is -0.395 e. The van der Waals surface area contributed by atoms with Crippen molar-refractivity contribution in [1.29, 1.82) is 0 Å². The predicted molar refractivity (Wildman–Crippen MR) is 140 cm³/mol. The molecule has 36 heavy (non-hydrogen) atoms. The Balaban J connectivity index is 0.00000361. The summed E-state index contributed by atoms with van der Waals surface area (Å²) in [5, 5.41) is 15.6. The molecule has 1 atom stereocenters. The van der Waals surface area contributed by atoms with Crippen LogP contribution in [-0.2, 0) is 37.5 Å². The van der Waals surface area contributed by atoms with E-state index in [1.54, 1.807) is 6.07 Å². The van der Waals surface area contributed by atoms with Crippen molar-refractivity contribution < 1.29 is 42.6 Å². The Labute approximate surface area is 239 Å². The molecule has 1 aliphatic rings. The van der Waals surface area contributed by atoms with Gasteiger partial charge in [-0.25, -0.2) is 0 Å². The molecule has 3 N–H and O–H groups in total. The quantitative estimate of drug-likeness (QED) is 0.257. The van der Waals surface area contributed by atoms with Gasteiger partial charge in [-0.1, -0.05) is 62.5 Å². The Morgan fingerprint density at radius 1 is 1.08 bits per heavy atom. The van der Waals surface area contributed by atoms with E-state index in [9.17, 15) is 4.79 Å². The van der Waals surface area contributed by atoms with E-state index in [2.05, 4.69) is 69.7 Å². The van der Waals surface area contributed by atoms with Gasteiger partial charge < -0.3 is 15.7 Å². The Morgan fingerprint density at radius 3 is 2.53 bits per heavy atom. The van der Waals surface area contributed by atoms with E-state index < -0.39 is 5.91 Å². The molecule has 0 bridgehead atoms. The molecule has 0 spiro atoms. The summed E-state index contributed by atoms with van der Waals surface area (Å²) in [5.41, 5.74) is 3.53. The topological polar surface area (TPSA) is 87.1 Å². The van der Waals surface area contributed by atoms with Gasteiger partial charge in [0.1, 0.15) is 0 Å². The van der Waals surface area contributed by atoms with Crippen LogP contribution in [0.3, 0.4) is 0 Å². The van der Waals surface area contributed by atoms with Crippen molar-refractivity contribution in [2.75, 3.05) is 17.2 Å². The van der Waals surface area contributed by atoms with Crippen LogP contribution in [0.25, 0.3) is 10.9 Å². The maximum Gasteiger partial charge on any atom is 0.298 e. The maximum absolute atomic E-state index is 12.0. The summed E-state index contributed by atoms with van der Waals surface area (Å²) in [5.74, 6) is 6.56. The second-order valence-electron chi connectivity index (χ2n) is 9.22.